The molecule has 1 amide bonds. The first-order valence-corrected chi connectivity index (χ1v) is 12.0. The van der Waals surface area contributed by atoms with Crippen LogP contribution in [0.4, 0.5) is 0 Å². The smallest absolute Gasteiger partial charge is 0.339 e. The highest BCUT2D eigenvalue weighted by Gasteiger charge is 2.22. The third kappa shape index (κ3) is 6.39. The van der Waals surface area contributed by atoms with Gasteiger partial charge in [0.25, 0.3) is 5.91 Å². The van der Waals surface area contributed by atoms with Crippen molar-refractivity contribution >= 4 is 57.0 Å². The van der Waals surface area contributed by atoms with Gasteiger partial charge in [-0.15, -0.1) is 0 Å². The van der Waals surface area contributed by atoms with E-state index in [2.05, 4.69) is 10.5 Å². The lowest BCUT2D eigenvalue weighted by Gasteiger charge is -2.14. The summed E-state index contributed by atoms with van der Waals surface area (Å²) in [6, 6.07) is 15.0. The summed E-state index contributed by atoms with van der Waals surface area (Å²) in [4.78, 5) is 12.2. The third-order valence-corrected chi connectivity index (χ3v) is 6.18. The standard InChI is InChI=1S/C22H17Cl3N2O5S/c1-2-31-20-11-14(13-26-27-22(28)17-9-8-15(23)12-18(17)24)10-19(25)21(20)32-33(29,30)16-6-4-3-5-7-16/h3-13H,2H2,1H3,(H,27,28)/b26-13-. The molecular weight excluding hydrogens is 511 g/mol. The van der Waals surface area contributed by atoms with Gasteiger partial charge in [0.2, 0.25) is 5.75 Å². The molecule has 0 spiro atoms. The maximum Gasteiger partial charge on any atom is 0.339 e. The van der Waals surface area contributed by atoms with Crippen molar-refractivity contribution in [3.63, 3.8) is 0 Å². The lowest BCUT2D eigenvalue weighted by Crippen LogP contribution is -2.18. The molecule has 172 valence electrons. The van der Waals surface area contributed by atoms with Crippen LogP contribution in [0.5, 0.6) is 11.5 Å². The molecule has 0 aliphatic rings. The van der Waals surface area contributed by atoms with Crippen LogP contribution in [0.3, 0.4) is 0 Å². The number of amides is 1. The topological polar surface area (TPSA) is 94.1 Å². The lowest BCUT2D eigenvalue weighted by molar-refractivity contribution is 0.0955. The Morgan fingerprint density at radius 3 is 2.42 bits per heavy atom. The van der Waals surface area contributed by atoms with Gasteiger partial charge in [-0.2, -0.15) is 13.5 Å². The third-order valence-electron chi connectivity index (χ3n) is 4.11. The van der Waals surface area contributed by atoms with E-state index >= 15 is 0 Å². The molecule has 0 radical (unpaired) electrons. The lowest BCUT2D eigenvalue weighted by atomic mass is 10.2. The van der Waals surface area contributed by atoms with E-state index in [1.807, 2.05) is 0 Å². The highest BCUT2D eigenvalue weighted by Crippen LogP contribution is 2.38. The highest BCUT2D eigenvalue weighted by molar-refractivity contribution is 7.87. The number of ether oxygens (including phenoxy) is 1. The molecule has 0 atom stereocenters. The van der Waals surface area contributed by atoms with E-state index in [0.29, 0.717) is 10.6 Å². The number of hydrazone groups is 1. The molecule has 0 unspecified atom stereocenters. The zero-order chi connectivity index (χ0) is 24.0. The summed E-state index contributed by atoms with van der Waals surface area (Å²) in [6.45, 7) is 1.95. The average Bonchev–Trinajstić information content (AvgIpc) is 2.77. The van der Waals surface area contributed by atoms with Crippen molar-refractivity contribution in [2.24, 2.45) is 5.10 Å². The van der Waals surface area contributed by atoms with Gasteiger partial charge in [0.15, 0.2) is 5.75 Å². The van der Waals surface area contributed by atoms with Crippen molar-refractivity contribution in [2.75, 3.05) is 6.61 Å². The summed E-state index contributed by atoms with van der Waals surface area (Å²) < 4.78 is 36.0. The first-order chi connectivity index (χ1) is 15.7. The molecule has 1 N–H and O–H groups in total. The molecule has 3 aromatic carbocycles. The Morgan fingerprint density at radius 1 is 1.03 bits per heavy atom. The van der Waals surface area contributed by atoms with Crippen molar-refractivity contribution in [3.05, 3.63) is 86.9 Å². The zero-order valence-corrected chi connectivity index (χ0v) is 20.2. The second-order valence-electron chi connectivity index (χ2n) is 6.44. The quantitative estimate of drug-likeness (QED) is 0.235. The normalized spacial score (nSPS) is 11.4. The Balaban J connectivity index is 1.82. The van der Waals surface area contributed by atoms with Crippen LogP contribution in [0.2, 0.25) is 15.1 Å². The van der Waals surface area contributed by atoms with Crippen LogP contribution in [0.1, 0.15) is 22.8 Å². The molecule has 3 aromatic rings. The molecule has 0 heterocycles. The molecule has 11 heteroatoms. The fourth-order valence-electron chi connectivity index (χ4n) is 2.65. The van der Waals surface area contributed by atoms with Crippen molar-refractivity contribution in [3.8, 4) is 11.5 Å². The van der Waals surface area contributed by atoms with Gasteiger partial charge in [-0.1, -0.05) is 53.0 Å². The molecule has 7 nitrogen and oxygen atoms in total. The van der Waals surface area contributed by atoms with Gasteiger partial charge in [0, 0.05) is 5.02 Å². The van der Waals surface area contributed by atoms with E-state index in [1.54, 1.807) is 25.1 Å². The first kappa shape index (κ1) is 24.9. The van der Waals surface area contributed by atoms with Crippen LogP contribution in [-0.4, -0.2) is 27.1 Å². The fourth-order valence-corrected chi connectivity index (χ4v) is 4.43. The number of benzene rings is 3. The van der Waals surface area contributed by atoms with Crippen LogP contribution in [0.15, 0.2) is 70.7 Å². The number of nitrogens with one attached hydrogen (secondary N) is 1. The predicted octanol–water partition coefficient (Wildman–Crippen LogP) is 5.58. The summed E-state index contributed by atoms with van der Waals surface area (Å²) in [5.41, 5.74) is 2.97. The second-order valence-corrected chi connectivity index (χ2v) is 9.23. The molecule has 0 aliphatic heterocycles. The maximum absolute atomic E-state index is 12.6. The van der Waals surface area contributed by atoms with Gasteiger partial charge in [0.05, 0.1) is 28.4 Å². The Labute approximate surface area is 206 Å². The van der Waals surface area contributed by atoms with E-state index < -0.39 is 16.0 Å². The second kappa shape index (κ2) is 10.9. The van der Waals surface area contributed by atoms with Crippen LogP contribution in [0, 0.1) is 0 Å². The highest BCUT2D eigenvalue weighted by atomic mass is 35.5. The van der Waals surface area contributed by atoms with Gasteiger partial charge < -0.3 is 8.92 Å². The minimum absolute atomic E-state index is 0.0195. The largest absolute Gasteiger partial charge is 0.490 e. The van der Waals surface area contributed by atoms with E-state index in [4.69, 9.17) is 43.7 Å². The van der Waals surface area contributed by atoms with Gasteiger partial charge in [-0.05, 0) is 55.0 Å². The molecule has 0 fully saturated rings. The molecule has 0 saturated heterocycles. The van der Waals surface area contributed by atoms with E-state index in [9.17, 15) is 13.2 Å². The monoisotopic (exact) mass is 526 g/mol. The molecule has 0 aliphatic carbocycles. The summed E-state index contributed by atoms with van der Waals surface area (Å²) in [7, 11) is -4.13. The number of carbonyl (C=O) groups excluding carboxylic acids is 1. The molecule has 0 bridgehead atoms. The Morgan fingerprint density at radius 2 is 1.76 bits per heavy atom. The van der Waals surface area contributed by atoms with Crippen molar-refractivity contribution in [1.29, 1.82) is 0 Å². The Kier molecular flexibility index (Phi) is 8.20. The molecule has 0 saturated carbocycles. The van der Waals surface area contributed by atoms with E-state index in [-0.39, 0.29) is 38.6 Å². The summed E-state index contributed by atoms with van der Waals surface area (Å²) in [5.74, 6) is -0.604. The van der Waals surface area contributed by atoms with Gasteiger partial charge in [-0.3, -0.25) is 4.79 Å². The van der Waals surface area contributed by atoms with Crippen LogP contribution in [-0.2, 0) is 10.1 Å². The minimum Gasteiger partial charge on any atom is -0.490 e. The summed E-state index contributed by atoms with van der Waals surface area (Å²) in [5, 5.41) is 4.44. The molecule has 3 rings (SSSR count). The Bertz CT molecular complexity index is 1300. The predicted molar refractivity (Wildman–Crippen MR) is 128 cm³/mol. The van der Waals surface area contributed by atoms with Crippen molar-refractivity contribution in [1.82, 2.24) is 5.43 Å². The number of hydrogen-bond acceptors (Lipinski definition) is 6. The van der Waals surface area contributed by atoms with Crippen molar-refractivity contribution in [2.45, 2.75) is 11.8 Å². The molecule has 33 heavy (non-hydrogen) atoms. The number of nitrogens with zero attached hydrogens (tertiary/aromatic N) is 1. The SMILES string of the molecule is CCOc1cc(/C=N\NC(=O)c2ccc(Cl)cc2Cl)cc(Cl)c1OS(=O)(=O)c1ccccc1. The summed E-state index contributed by atoms with van der Waals surface area (Å²) >= 11 is 18.1. The molecular formula is C22H17Cl3N2O5S. The summed E-state index contributed by atoms with van der Waals surface area (Å²) in [6.07, 6.45) is 1.31. The first-order valence-electron chi connectivity index (χ1n) is 9.45. The zero-order valence-electron chi connectivity index (χ0n) is 17.1. The average molecular weight is 528 g/mol. The maximum atomic E-state index is 12.6. The van der Waals surface area contributed by atoms with Gasteiger partial charge in [0.1, 0.15) is 4.90 Å². The number of hydrogen-bond donors (Lipinski definition) is 1. The number of carbonyl (C=O) groups is 1. The van der Waals surface area contributed by atoms with Crippen molar-refractivity contribution < 1.29 is 22.1 Å². The van der Waals surface area contributed by atoms with Crippen LogP contribution >= 0.6 is 34.8 Å². The number of rotatable bonds is 8. The van der Waals surface area contributed by atoms with Gasteiger partial charge in [-0.25, -0.2) is 5.43 Å². The van der Waals surface area contributed by atoms with Gasteiger partial charge >= 0.3 is 10.1 Å². The van der Waals surface area contributed by atoms with Crippen LogP contribution < -0.4 is 14.3 Å². The number of halogens is 3. The fraction of sp³-hybridized carbons (Fsp3) is 0.0909. The molecule has 0 aromatic heterocycles. The minimum atomic E-state index is -4.13. The van der Waals surface area contributed by atoms with Crippen LogP contribution in [0.25, 0.3) is 0 Å². The van der Waals surface area contributed by atoms with E-state index in [1.165, 1.54) is 48.7 Å². The Hall–Kier alpha value is -2.78. The van der Waals surface area contributed by atoms with E-state index in [0.717, 1.165) is 0 Å².